The monoisotopic (exact) mass is 270 g/mol. The van der Waals surface area contributed by atoms with Crippen LogP contribution in [0, 0.1) is 0 Å². The number of unbranched alkanes of at least 4 members (excludes halogenated alkanes) is 2. The van der Waals surface area contributed by atoms with E-state index in [4.69, 9.17) is 10.5 Å². The van der Waals surface area contributed by atoms with Crippen molar-refractivity contribution in [3.63, 3.8) is 0 Å². The zero-order chi connectivity index (χ0) is 14.3. The van der Waals surface area contributed by atoms with Crippen LogP contribution >= 0.6 is 0 Å². The fourth-order valence-corrected chi connectivity index (χ4v) is 3.63. The molecular weight excluding hydrogens is 236 g/mol. The predicted molar refractivity (Wildman–Crippen MR) is 82.4 cm³/mol. The van der Waals surface area contributed by atoms with Gasteiger partial charge in [-0.2, -0.15) is 0 Å². The summed E-state index contributed by atoms with van der Waals surface area (Å²) in [7, 11) is 1.84. The third-order valence-corrected chi connectivity index (χ3v) is 4.72. The van der Waals surface area contributed by atoms with Gasteiger partial charge in [0.15, 0.2) is 0 Å². The van der Waals surface area contributed by atoms with Crippen LogP contribution in [0.2, 0.25) is 0 Å². The Bertz CT molecular complexity index is 245. The Morgan fingerprint density at radius 2 is 2.11 bits per heavy atom. The van der Waals surface area contributed by atoms with Crippen molar-refractivity contribution < 1.29 is 4.74 Å². The summed E-state index contributed by atoms with van der Waals surface area (Å²) < 4.78 is 5.62. The maximum Gasteiger partial charge on any atom is 0.0589 e. The first-order chi connectivity index (χ1) is 9.09. The van der Waals surface area contributed by atoms with Crippen LogP contribution in [-0.4, -0.2) is 42.8 Å². The summed E-state index contributed by atoms with van der Waals surface area (Å²) in [4.78, 5) is 2.66. The fourth-order valence-electron chi connectivity index (χ4n) is 3.63. The molecule has 0 amide bonds. The van der Waals surface area contributed by atoms with E-state index in [0.29, 0.717) is 12.1 Å². The molecule has 1 aliphatic rings. The number of rotatable bonds is 8. The number of ether oxygens (including phenoxy) is 1. The van der Waals surface area contributed by atoms with Gasteiger partial charge in [-0.05, 0) is 52.5 Å². The molecule has 114 valence electrons. The highest BCUT2D eigenvalue weighted by molar-refractivity contribution is 4.98. The summed E-state index contributed by atoms with van der Waals surface area (Å²) in [5.74, 6) is 0. The molecule has 0 aromatic heterocycles. The van der Waals surface area contributed by atoms with Gasteiger partial charge in [0.25, 0.3) is 0 Å². The van der Waals surface area contributed by atoms with Crippen molar-refractivity contribution in [1.29, 1.82) is 0 Å². The van der Waals surface area contributed by atoms with Gasteiger partial charge in [0.05, 0.1) is 6.10 Å². The van der Waals surface area contributed by atoms with E-state index in [1.807, 2.05) is 7.11 Å². The molecule has 3 heteroatoms. The van der Waals surface area contributed by atoms with Crippen LogP contribution in [0.15, 0.2) is 0 Å². The van der Waals surface area contributed by atoms with Crippen LogP contribution < -0.4 is 5.73 Å². The van der Waals surface area contributed by atoms with E-state index in [-0.39, 0.29) is 5.54 Å². The zero-order valence-electron chi connectivity index (χ0n) is 13.5. The summed E-state index contributed by atoms with van der Waals surface area (Å²) in [6.07, 6.45) is 9.04. The summed E-state index contributed by atoms with van der Waals surface area (Å²) in [6.45, 7) is 8.82. The first-order valence-electron chi connectivity index (χ1n) is 8.09. The van der Waals surface area contributed by atoms with Crippen molar-refractivity contribution in [3.8, 4) is 0 Å². The molecule has 0 aromatic rings. The Hall–Kier alpha value is -0.120. The van der Waals surface area contributed by atoms with E-state index in [1.165, 1.54) is 45.1 Å². The predicted octanol–water partition coefficient (Wildman–Crippen LogP) is 3.17. The lowest BCUT2D eigenvalue weighted by Crippen LogP contribution is -2.59. The summed E-state index contributed by atoms with van der Waals surface area (Å²) in [6, 6.07) is 0.566. The van der Waals surface area contributed by atoms with E-state index in [2.05, 4.69) is 25.7 Å². The molecule has 2 N–H and O–H groups in total. The second-order valence-corrected chi connectivity index (χ2v) is 6.38. The Morgan fingerprint density at radius 1 is 1.37 bits per heavy atom. The number of hydrogen-bond acceptors (Lipinski definition) is 3. The normalized spacial score (nSPS) is 28.3. The minimum Gasteiger partial charge on any atom is -0.381 e. The molecule has 1 aliphatic carbocycles. The molecular formula is C16H34N2O. The molecule has 1 rings (SSSR count). The van der Waals surface area contributed by atoms with Gasteiger partial charge in [0.1, 0.15) is 0 Å². The summed E-state index contributed by atoms with van der Waals surface area (Å²) in [5, 5.41) is 0. The minimum absolute atomic E-state index is 0.167. The quantitative estimate of drug-likeness (QED) is 0.689. The average Bonchev–Trinajstić information content (AvgIpc) is 2.43. The number of nitrogens with two attached hydrogens (primary N) is 1. The van der Waals surface area contributed by atoms with E-state index >= 15 is 0 Å². The number of methoxy groups -OCH3 is 1. The van der Waals surface area contributed by atoms with Crippen molar-refractivity contribution in [2.45, 2.75) is 83.4 Å². The van der Waals surface area contributed by atoms with E-state index in [1.54, 1.807) is 0 Å². The highest BCUT2D eigenvalue weighted by Crippen LogP contribution is 2.35. The molecule has 0 heterocycles. The van der Waals surface area contributed by atoms with Crippen molar-refractivity contribution in [1.82, 2.24) is 4.90 Å². The third kappa shape index (κ3) is 4.44. The van der Waals surface area contributed by atoms with Crippen LogP contribution in [0.1, 0.15) is 65.7 Å². The molecule has 1 fully saturated rings. The molecule has 3 nitrogen and oxygen atoms in total. The second kappa shape index (κ2) is 8.23. The number of hydrogen-bond donors (Lipinski definition) is 1. The Balaban J connectivity index is 2.75. The zero-order valence-corrected chi connectivity index (χ0v) is 13.5. The molecule has 0 bridgehead atoms. The largest absolute Gasteiger partial charge is 0.381 e. The molecule has 2 unspecified atom stereocenters. The SMILES string of the molecule is CCCCCN(C(C)C)C1(CN)CCCC(OC)C1. The van der Waals surface area contributed by atoms with Gasteiger partial charge in [-0.25, -0.2) is 0 Å². The van der Waals surface area contributed by atoms with Gasteiger partial charge in [-0.1, -0.05) is 19.8 Å². The van der Waals surface area contributed by atoms with Gasteiger partial charge in [-0.15, -0.1) is 0 Å². The maximum atomic E-state index is 6.20. The molecule has 0 spiro atoms. The topological polar surface area (TPSA) is 38.5 Å². The van der Waals surface area contributed by atoms with Crippen molar-refractivity contribution in [2.24, 2.45) is 5.73 Å². The van der Waals surface area contributed by atoms with Gasteiger partial charge >= 0.3 is 0 Å². The Morgan fingerprint density at radius 3 is 2.63 bits per heavy atom. The second-order valence-electron chi connectivity index (χ2n) is 6.38. The molecule has 0 saturated heterocycles. The summed E-state index contributed by atoms with van der Waals surface area (Å²) in [5.41, 5.74) is 6.37. The third-order valence-electron chi connectivity index (χ3n) is 4.72. The van der Waals surface area contributed by atoms with Crippen LogP contribution in [0.3, 0.4) is 0 Å². The molecule has 0 aromatic carbocycles. The fraction of sp³-hybridized carbons (Fsp3) is 1.00. The van der Waals surface area contributed by atoms with Crippen LogP contribution in [-0.2, 0) is 4.74 Å². The lowest BCUT2D eigenvalue weighted by atomic mass is 9.77. The van der Waals surface area contributed by atoms with Gasteiger partial charge in [-0.3, -0.25) is 4.90 Å². The van der Waals surface area contributed by atoms with E-state index in [0.717, 1.165) is 13.0 Å². The lowest BCUT2D eigenvalue weighted by molar-refractivity contribution is -0.0353. The molecule has 19 heavy (non-hydrogen) atoms. The van der Waals surface area contributed by atoms with Crippen LogP contribution in [0.4, 0.5) is 0 Å². The first kappa shape index (κ1) is 16.9. The van der Waals surface area contributed by atoms with Crippen LogP contribution in [0.25, 0.3) is 0 Å². The Labute approximate surface area is 119 Å². The molecule has 2 atom stereocenters. The van der Waals surface area contributed by atoms with Crippen molar-refractivity contribution in [2.75, 3.05) is 20.2 Å². The smallest absolute Gasteiger partial charge is 0.0589 e. The molecule has 0 aliphatic heterocycles. The van der Waals surface area contributed by atoms with Crippen LogP contribution in [0.5, 0.6) is 0 Å². The summed E-state index contributed by atoms with van der Waals surface area (Å²) >= 11 is 0. The highest BCUT2D eigenvalue weighted by Gasteiger charge is 2.41. The molecule has 0 radical (unpaired) electrons. The van der Waals surface area contributed by atoms with Crippen molar-refractivity contribution in [3.05, 3.63) is 0 Å². The first-order valence-corrected chi connectivity index (χ1v) is 8.09. The maximum absolute atomic E-state index is 6.20. The Kier molecular flexibility index (Phi) is 7.33. The number of nitrogens with zero attached hydrogens (tertiary/aromatic N) is 1. The van der Waals surface area contributed by atoms with Gasteiger partial charge in [0, 0.05) is 25.2 Å². The van der Waals surface area contributed by atoms with Crippen molar-refractivity contribution >= 4 is 0 Å². The highest BCUT2D eigenvalue weighted by atomic mass is 16.5. The van der Waals surface area contributed by atoms with Gasteiger partial charge < -0.3 is 10.5 Å². The van der Waals surface area contributed by atoms with E-state index < -0.39 is 0 Å². The average molecular weight is 270 g/mol. The van der Waals surface area contributed by atoms with Gasteiger partial charge in [0.2, 0.25) is 0 Å². The minimum atomic E-state index is 0.167. The van der Waals surface area contributed by atoms with E-state index in [9.17, 15) is 0 Å². The standard InChI is InChI=1S/C16H34N2O/c1-5-6-7-11-18(14(2)3)16(13-17)10-8-9-15(12-16)19-4/h14-15H,5-13,17H2,1-4H3. The lowest BCUT2D eigenvalue weighted by Gasteiger charge is -2.50. The molecule has 1 saturated carbocycles.